The first-order chi connectivity index (χ1) is 13.5. The van der Waals surface area contributed by atoms with Crippen LogP contribution in [0.2, 0.25) is 0 Å². The fourth-order valence-electron chi connectivity index (χ4n) is 4.44. The molecule has 0 amide bonds. The number of ether oxygens (including phenoxy) is 1. The van der Waals surface area contributed by atoms with E-state index in [9.17, 15) is 10.1 Å². The highest BCUT2D eigenvalue weighted by atomic mass is 16.6. The van der Waals surface area contributed by atoms with Gasteiger partial charge in [-0.05, 0) is 60.6 Å². The second-order valence-electron chi connectivity index (χ2n) is 7.37. The number of nitro benzene ring substituents is 1. The molecule has 2 aliphatic rings. The summed E-state index contributed by atoms with van der Waals surface area (Å²) in [6.45, 7) is 3.99. The predicted octanol–water partition coefficient (Wildman–Crippen LogP) is 4.94. The van der Waals surface area contributed by atoms with E-state index in [1.54, 1.807) is 6.07 Å². The van der Waals surface area contributed by atoms with Gasteiger partial charge in [-0.3, -0.25) is 10.1 Å². The summed E-state index contributed by atoms with van der Waals surface area (Å²) in [5.74, 6) is 1.10. The number of rotatable bonds is 4. The first kappa shape index (κ1) is 18.1. The van der Waals surface area contributed by atoms with E-state index in [1.807, 2.05) is 44.2 Å². The Morgan fingerprint density at radius 2 is 2.07 bits per heavy atom. The molecule has 1 heterocycles. The summed E-state index contributed by atoms with van der Waals surface area (Å²) in [6.07, 6.45) is 5.30. The molecule has 4 rings (SSSR count). The summed E-state index contributed by atoms with van der Waals surface area (Å²) in [7, 11) is 0. The highest BCUT2D eigenvalue weighted by Crippen LogP contribution is 2.53. The lowest BCUT2D eigenvalue weighted by Gasteiger charge is -2.38. The zero-order valence-electron chi connectivity index (χ0n) is 15.8. The van der Waals surface area contributed by atoms with Crippen molar-refractivity contribution in [3.63, 3.8) is 0 Å². The van der Waals surface area contributed by atoms with Gasteiger partial charge >= 0.3 is 0 Å². The van der Waals surface area contributed by atoms with Crippen LogP contribution in [0, 0.1) is 41.2 Å². The van der Waals surface area contributed by atoms with Gasteiger partial charge < -0.3 is 10.1 Å². The van der Waals surface area contributed by atoms with Crippen LogP contribution in [-0.4, -0.2) is 11.5 Å². The van der Waals surface area contributed by atoms with Crippen molar-refractivity contribution in [2.75, 3.05) is 11.9 Å². The third-order valence-electron chi connectivity index (χ3n) is 5.89. The molecular formula is C22H21N3O3. The Labute approximate surface area is 163 Å². The van der Waals surface area contributed by atoms with E-state index >= 15 is 0 Å². The number of hydrogen-bond donors (Lipinski definition) is 1. The van der Waals surface area contributed by atoms with E-state index < -0.39 is 0 Å². The average molecular weight is 375 g/mol. The molecular weight excluding hydrogens is 354 g/mol. The molecule has 6 heteroatoms. The van der Waals surface area contributed by atoms with Gasteiger partial charge in [0.25, 0.3) is 5.69 Å². The molecule has 2 aromatic carbocycles. The lowest BCUT2D eigenvalue weighted by Crippen LogP contribution is -2.30. The van der Waals surface area contributed by atoms with Crippen molar-refractivity contribution in [1.29, 1.82) is 5.26 Å². The molecule has 0 saturated heterocycles. The number of nitrogens with one attached hydrogen (secondary N) is 1. The number of benzene rings is 2. The number of hydrogen-bond acceptors (Lipinski definition) is 5. The fraction of sp³-hybridized carbons (Fsp3) is 0.318. The van der Waals surface area contributed by atoms with Crippen molar-refractivity contribution in [3.05, 3.63) is 74.9 Å². The number of allylic oxidation sites excluding steroid dienone is 2. The van der Waals surface area contributed by atoms with E-state index in [1.165, 1.54) is 0 Å². The first-order valence-corrected chi connectivity index (χ1v) is 9.32. The summed E-state index contributed by atoms with van der Waals surface area (Å²) in [5.41, 5.74) is 4.94. The molecule has 142 valence electrons. The van der Waals surface area contributed by atoms with Crippen molar-refractivity contribution in [2.45, 2.75) is 32.2 Å². The van der Waals surface area contributed by atoms with Crippen LogP contribution in [0.15, 0.2) is 42.5 Å². The van der Waals surface area contributed by atoms with Crippen molar-refractivity contribution < 1.29 is 9.66 Å². The van der Waals surface area contributed by atoms with Gasteiger partial charge in [-0.2, -0.15) is 5.26 Å². The predicted molar refractivity (Wildman–Crippen MR) is 106 cm³/mol. The number of nitro groups is 1. The first-order valence-electron chi connectivity index (χ1n) is 9.32. The third-order valence-corrected chi connectivity index (χ3v) is 5.89. The molecule has 3 atom stereocenters. The Balaban J connectivity index is 1.77. The smallest absolute Gasteiger partial charge is 0.292 e. The SMILES string of the molecule is Cc1cc([N+](=O)[O-])c2c(c1C)[C@H]1C=CC[C@@H]1[C@H](c1ccc(OCC#N)cc1)N2. The van der Waals surface area contributed by atoms with Crippen LogP contribution in [0.4, 0.5) is 11.4 Å². The largest absolute Gasteiger partial charge is 0.479 e. The van der Waals surface area contributed by atoms with E-state index in [2.05, 4.69) is 17.5 Å². The quantitative estimate of drug-likeness (QED) is 0.464. The van der Waals surface area contributed by atoms with Gasteiger partial charge in [0.15, 0.2) is 6.61 Å². The Hall–Kier alpha value is -3.33. The van der Waals surface area contributed by atoms with Crippen molar-refractivity contribution >= 4 is 11.4 Å². The normalized spacial score (nSPS) is 22.0. The molecule has 1 aliphatic heterocycles. The lowest BCUT2D eigenvalue weighted by atomic mass is 9.74. The summed E-state index contributed by atoms with van der Waals surface area (Å²) >= 11 is 0. The second kappa shape index (κ2) is 7.01. The summed E-state index contributed by atoms with van der Waals surface area (Å²) in [4.78, 5) is 11.4. The molecule has 0 unspecified atom stereocenters. The molecule has 0 fully saturated rings. The van der Waals surface area contributed by atoms with E-state index in [0.717, 1.165) is 28.7 Å². The van der Waals surface area contributed by atoms with Gasteiger partial charge in [0.2, 0.25) is 0 Å². The van der Waals surface area contributed by atoms with Crippen LogP contribution >= 0.6 is 0 Å². The summed E-state index contributed by atoms with van der Waals surface area (Å²) in [5, 5.41) is 23.9. The Morgan fingerprint density at radius 3 is 2.75 bits per heavy atom. The van der Waals surface area contributed by atoms with Crippen LogP contribution in [0.3, 0.4) is 0 Å². The van der Waals surface area contributed by atoms with E-state index in [0.29, 0.717) is 17.4 Å². The van der Waals surface area contributed by atoms with Crippen LogP contribution in [0.5, 0.6) is 5.75 Å². The minimum Gasteiger partial charge on any atom is -0.479 e. The third kappa shape index (κ3) is 2.89. The lowest BCUT2D eigenvalue weighted by molar-refractivity contribution is -0.384. The summed E-state index contributed by atoms with van der Waals surface area (Å²) < 4.78 is 5.34. The number of nitrogens with zero attached hydrogens (tertiary/aromatic N) is 2. The molecule has 6 nitrogen and oxygen atoms in total. The van der Waals surface area contributed by atoms with E-state index in [4.69, 9.17) is 10.00 Å². The van der Waals surface area contributed by atoms with Gasteiger partial charge in [0.1, 0.15) is 17.5 Å². The van der Waals surface area contributed by atoms with Crippen LogP contribution in [0.25, 0.3) is 0 Å². The monoisotopic (exact) mass is 375 g/mol. The highest BCUT2D eigenvalue weighted by Gasteiger charge is 2.41. The highest BCUT2D eigenvalue weighted by molar-refractivity contribution is 5.74. The Bertz CT molecular complexity index is 1010. The zero-order valence-corrected chi connectivity index (χ0v) is 15.8. The minimum absolute atomic E-state index is 0.00778. The molecule has 0 spiro atoms. The van der Waals surface area contributed by atoms with Gasteiger partial charge in [-0.25, -0.2) is 0 Å². The molecule has 0 radical (unpaired) electrons. The Morgan fingerprint density at radius 1 is 1.32 bits per heavy atom. The van der Waals surface area contributed by atoms with Crippen molar-refractivity contribution in [3.8, 4) is 11.8 Å². The van der Waals surface area contributed by atoms with Crippen LogP contribution in [0.1, 0.15) is 40.6 Å². The number of aryl methyl sites for hydroxylation is 1. The topological polar surface area (TPSA) is 88.2 Å². The maximum Gasteiger partial charge on any atom is 0.292 e. The number of anilines is 1. The average Bonchev–Trinajstić information content (AvgIpc) is 3.18. The van der Waals surface area contributed by atoms with Gasteiger partial charge in [-0.15, -0.1) is 0 Å². The molecule has 2 aromatic rings. The zero-order chi connectivity index (χ0) is 19.8. The van der Waals surface area contributed by atoms with Crippen LogP contribution in [-0.2, 0) is 0 Å². The summed E-state index contributed by atoms with van der Waals surface area (Å²) in [6, 6.07) is 11.2. The van der Waals surface area contributed by atoms with Crippen LogP contribution < -0.4 is 10.1 Å². The van der Waals surface area contributed by atoms with E-state index in [-0.39, 0.29) is 29.2 Å². The van der Waals surface area contributed by atoms with Gasteiger partial charge in [0, 0.05) is 12.0 Å². The second-order valence-corrected chi connectivity index (χ2v) is 7.37. The maximum atomic E-state index is 11.7. The van der Waals surface area contributed by atoms with Gasteiger partial charge in [-0.1, -0.05) is 24.3 Å². The molecule has 1 N–H and O–H groups in total. The minimum atomic E-state index is -0.298. The number of nitriles is 1. The maximum absolute atomic E-state index is 11.7. The van der Waals surface area contributed by atoms with Crippen molar-refractivity contribution in [2.24, 2.45) is 5.92 Å². The Kier molecular flexibility index (Phi) is 4.52. The fourth-order valence-corrected chi connectivity index (χ4v) is 4.44. The van der Waals surface area contributed by atoms with Gasteiger partial charge in [0.05, 0.1) is 11.0 Å². The molecule has 1 aliphatic carbocycles. The number of fused-ring (bicyclic) bond motifs is 3. The molecule has 0 bridgehead atoms. The molecule has 28 heavy (non-hydrogen) atoms. The standard InChI is InChI=1S/C22H21N3O3/c1-13-12-19(25(26)27)22-20(14(13)2)17-4-3-5-18(17)21(24-22)15-6-8-16(9-7-15)28-11-10-23/h3-4,6-9,12,17-18,21,24H,5,11H2,1-2H3/t17-,18-,21-/m0/s1. The van der Waals surface area contributed by atoms with Crippen molar-refractivity contribution in [1.82, 2.24) is 0 Å². The molecule has 0 saturated carbocycles. The molecule has 0 aromatic heterocycles.